The van der Waals surface area contributed by atoms with E-state index >= 15 is 0 Å². The molecule has 10 heteroatoms. The fraction of sp³-hybridized carbons (Fsp3) is 0.500. The van der Waals surface area contributed by atoms with Gasteiger partial charge in [-0.25, -0.2) is 9.59 Å². The number of rotatable bonds is 13. The lowest BCUT2D eigenvalue weighted by Crippen LogP contribution is -2.32. The first-order valence-corrected chi connectivity index (χ1v) is 33.9. The van der Waals surface area contributed by atoms with Crippen molar-refractivity contribution in [1.29, 1.82) is 0 Å². The number of esters is 2. The first kappa shape index (κ1) is 70.4. The van der Waals surface area contributed by atoms with Gasteiger partial charge in [0.1, 0.15) is 11.5 Å². The number of benzene rings is 6. The largest absolute Gasteiger partial charge is 0.477 e. The normalized spacial score (nSPS) is 13.9. The Balaban J connectivity index is 2.09. The molecule has 0 aliphatic carbocycles. The molecule has 86 heavy (non-hydrogen) atoms. The number of halogens is 2. The Kier molecular flexibility index (Phi) is 20.7. The topological polar surface area (TPSA) is 71.1 Å². The molecule has 466 valence electrons. The summed E-state index contributed by atoms with van der Waals surface area (Å²) in [6.45, 7) is 58.0. The molecular formula is C76H102Cl2O6P2. The first-order chi connectivity index (χ1) is 39.1. The highest BCUT2D eigenvalue weighted by Gasteiger charge is 2.38. The highest BCUT2D eigenvalue weighted by Crippen LogP contribution is 2.53. The molecular weight excluding hydrogens is 1140 g/mol. The Labute approximate surface area is 532 Å². The Morgan fingerprint density at radius 1 is 0.337 bits per heavy atom. The van der Waals surface area contributed by atoms with Gasteiger partial charge in [0.25, 0.3) is 0 Å². The number of hydrogen-bond donors (Lipinski definition) is 0. The van der Waals surface area contributed by atoms with Crippen molar-refractivity contribution >= 4 is 82.8 Å². The molecule has 0 radical (unpaired) electrons. The van der Waals surface area contributed by atoms with Crippen LogP contribution in [0.5, 0.6) is 11.5 Å². The summed E-state index contributed by atoms with van der Waals surface area (Å²) in [6.07, 6.45) is -2.24. The van der Waals surface area contributed by atoms with Gasteiger partial charge in [0.2, 0.25) is 0 Å². The van der Waals surface area contributed by atoms with Gasteiger partial charge in [-0.2, -0.15) is 0 Å². The van der Waals surface area contributed by atoms with Crippen molar-refractivity contribution in [3.8, 4) is 22.6 Å². The van der Waals surface area contributed by atoms with E-state index in [4.69, 9.17) is 42.1 Å². The maximum Gasteiger partial charge on any atom is 0.346 e. The third-order valence-electron chi connectivity index (χ3n) is 16.2. The van der Waals surface area contributed by atoms with Gasteiger partial charge < -0.3 is 18.9 Å². The fourth-order valence-corrected chi connectivity index (χ4v) is 15.8. The molecule has 2 atom stereocenters. The van der Waals surface area contributed by atoms with Crippen LogP contribution in [0.25, 0.3) is 11.1 Å². The zero-order valence-electron chi connectivity index (χ0n) is 57.5. The molecule has 0 aliphatic rings. The Morgan fingerprint density at radius 3 is 0.686 bits per heavy atom. The molecule has 0 spiro atoms. The summed E-state index contributed by atoms with van der Waals surface area (Å²) in [5, 5.41) is 6.80. The van der Waals surface area contributed by atoms with Gasteiger partial charge in [0.15, 0.2) is 12.2 Å². The van der Waals surface area contributed by atoms with Crippen LogP contribution < -0.4 is 41.3 Å². The lowest BCUT2D eigenvalue weighted by atomic mass is 9.81. The number of ether oxygens (including phenoxy) is 4. The van der Waals surface area contributed by atoms with E-state index in [2.05, 4.69) is 251 Å². The van der Waals surface area contributed by atoms with E-state index in [0.29, 0.717) is 11.1 Å². The van der Waals surface area contributed by atoms with Gasteiger partial charge in [-0.3, -0.25) is 0 Å². The molecule has 0 fully saturated rings. The average Bonchev–Trinajstić information content (AvgIpc) is 0.797. The molecule has 0 saturated heterocycles. The van der Waals surface area contributed by atoms with Crippen LogP contribution in [-0.4, -0.2) is 38.4 Å². The smallest absolute Gasteiger partial charge is 0.346 e. The van der Waals surface area contributed by atoms with Gasteiger partial charge in [0, 0.05) is 11.1 Å². The number of methoxy groups -OCH3 is 2. The summed E-state index contributed by atoms with van der Waals surface area (Å²) in [5.41, 5.74) is 8.87. The standard InChI is InChI=1S/C76H102Cl2O6P2/c1-45(67(79)81-27)83-65-59(77)29-31-61(85(55-37-47(69(3,4)5)33-48(38-55)70(6,7)8)56-39-49(71(9,10)11)34-50(40-56)72(12,13)14)63(65)64-62(32-30-60(78)66(64)84-46(2)68(80)82-28)86(57-41-51(73(15,16)17)35-52(42-57)74(18,19)20)58-43-53(75(21,22)23)36-54(44-58)76(24,25)26/h29-46H,1-28H3/t45-,46?/m0/s1. The maximum absolute atomic E-state index is 14.0. The van der Waals surface area contributed by atoms with Crippen molar-refractivity contribution in [2.75, 3.05) is 14.2 Å². The summed E-state index contributed by atoms with van der Waals surface area (Å²) in [6, 6.07) is 36.8. The fourth-order valence-electron chi connectivity index (χ4n) is 10.2. The zero-order chi connectivity index (χ0) is 65.2. The molecule has 6 aromatic carbocycles. The summed E-state index contributed by atoms with van der Waals surface area (Å²) in [7, 11) is -0.543. The highest BCUT2D eigenvalue weighted by molar-refractivity contribution is 7.80. The molecule has 0 aliphatic heterocycles. The Hall–Kier alpha value is -4.70. The third kappa shape index (κ3) is 16.2. The van der Waals surface area contributed by atoms with Crippen LogP contribution in [0.3, 0.4) is 0 Å². The van der Waals surface area contributed by atoms with Gasteiger partial charge in [0.05, 0.1) is 24.3 Å². The summed E-state index contributed by atoms with van der Waals surface area (Å²) < 4.78 is 25.2. The van der Waals surface area contributed by atoms with Crippen LogP contribution in [0, 0.1) is 0 Å². The zero-order valence-corrected chi connectivity index (χ0v) is 60.8. The lowest BCUT2D eigenvalue weighted by Gasteiger charge is -2.34. The van der Waals surface area contributed by atoms with Crippen molar-refractivity contribution in [3.63, 3.8) is 0 Å². The van der Waals surface area contributed by atoms with Crippen LogP contribution in [0.4, 0.5) is 0 Å². The second kappa shape index (κ2) is 25.3. The minimum Gasteiger partial charge on any atom is -0.477 e. The second-order valence-corrected chi connectivity index (χ2v) is 37.0. The van der Waals surface area contributed by atoms with Crippen LogP contribution in [-0.2, 0) is 62.4 Å². The predicted molar refractivity (Wildman–Crippen MR) is 373 cm³/mol. The van der Waals surface area contributed by atoms with E-state index in [1.807, 2.05) is 12.1 Å². The van der Waals surface area contributed by atoms with E-state index in [1.54, 1.807) is 13.8 Å². The third-order valence-corrected chi connectivity index (χ3v) is 21.6. The summed E-state index contributed by atoms with van der Waals surface area (Å²) in [5.74, 6) is -0.640. The van der Waals surface area contributed by atoms with Crippen LogP contribution in [0.2, 0.25) is 10.0 Å². The van der Waals surface area contributed by atoms with E-state index < -0.39 is 40.0 Å². The molecule has 1 unspecified atom stereocenters. The van der Waals surface area contributed by atoms with E-state index in [-0.39, 0.29) is 64.9 Å². The van der Waals surface area contributed by atoms with Crippen LogP contribution >= 0.6 is 39.0 Å². The first-order valence-electron chi connectivity index (χ1n) is 30.5. The van der Waals surface area contributed by atoms with Gasteiger partial charge in [-0.05, 0) is 161 Å². The molecule has 0 aromatic heterocycles. The van der Waals surface area contributed by atoms with E-state index in [1.165, 1.54) is 58.7 Å². The summed E-state index contributed by atoms with van der Waals surface area (Å²) >= 11 is 15.6. The van der Waals surface area contributed by atoms with Crippen molar-refractivity contribution in [2.45, 2.75) is 236 Å². The minimum absolute atomic E-state index is 0.240. The van der Waals surface area contributed by atoms with Gasteiger partial charge in [-0.15, -0.1) is 0 Å². The highest BCUT2D eigenvalue weighted by atomic mass is 35.5. The van der Waals surface area contributed by atoms with E-state index in [0.717, 1.165) is 31.8 Å². The van der Waals surface area contributed by atoms with E-state index in [9.17, 15) is 9.59 Å². The van der Waals surface area contributed by atoms with Crippen molar-refractivity contribution in [3.05, 3.63) is 152 Å². The molecule has 0 N–H and O–H groups in total. The summed E-state index contributed by atoms with van der Waals surface area (Å²) in [4.78, 5) is 27.9. The van der Waals surface area contributed by atoms with Crippen LogP contribution in [0.1, 0.15) is 225 Å². The molecule has 6 aromatic rings. The number of hydrogen-bond acceptors (Lipinski definition) is 6. The second-order valence-electron chi connectivity index (χ2n) is 31.9. The predicted octanol–water partition coefficient (Wildman–Crippen LogP) is 18.4. The molecule has 6 nitrogen and oxygen atoms in total. The van der Waals surface area contributed by atoms with Crippen molar-refractivity contribution in [2.24, 2.45) is 0 Å². The SMILES string of the molecule is COC(=O)C(C)Oc1c(Cl)ccc(P(c2cc(C(C)(C)C)cc(C(C)(C)C)c2)c2cc(C(C)(C)C)cc(C(C)(C)C)c2)c1-c1c(P(c2cc(C(C)(C)C)cc(C(C)(C)C)c2)c2cc(C(C)(C)C)cc(C(C)(C)C)c2)ccc(Cl)c1O[C@@H](C)C(=O)OC. The average molecular weight is 1240 g/mol. The maximum atomic E-state index is 14.0. The molecule has 0 heterocycles. The van der Waals surface area contributed by atoms with Gasteiger partial charge >= 0.3 is 11.9 Å². The molecule has 0 saturated carbocycles. The Bertz CT molecular complexity index is 2970. The van der Waals surface area contributed by atoms with Gasteiger partial charge in [-0.1, -0.05) is 274 Å². The monoisotopic (exact) mass is 1240 g/mol. The van der Waals surface area contributed by atoms with Crippen molar-refractivity contribution < 1.29 is 28.5 Å². The van der Waals surface area contributed by atoms with Crippen molar-refractivity contribution in [1.82, 2.24) is 0 Å². The van der Waals surface area contributed by atoms with Crippen LogP contribution in [0.15, 0.2) is 97.1 Å². The molecule has 6 rings (SSSR count). The molecule has 0 bridgehead atoms. The minimum atomic E-state index is -1.63. The number of carbonyl (C=O) groups is 2. The Morgan fingerprint density at radius 2 is 0.523 bits per heavy atom. The lowest BCUT2D eigenvalue weighted by molar-refractivity contribution is -0.148. The quantitative estimate of drug-likeness (QED) is 0.0848. The molecule has 0 amide bonds. The number of carbonyl (C=O) groups excluding carboxylic acids is 2.